The summed E-state index contributed by atoms with van der Waals surface area (Å²) >= 11 is 0. The number of aromatic nitrogens is 2. The molecule has 2 aromatic heterocycles. The van der Waals surface area contributed by atoms with Crippen LogP contribution in [0.3, 0.4) is 0 Å². The Labute approximate surface area is 127 Å². The van der Waals surface area contributed by atoms with E-state index in [2.05, 4.69) is 4.98 Å². The van der Waals surface area contributed by atoms with Gasteiger partial charge in [-0.1, -0.05) is 19.9 Å². The second-order valence-corrected chi connectivity index (χ2v) is 5.68. The molecule has 7 nitrogen and oxygen atoms in total. The molecule has 2 aromatic rings. The summed E-state index contributed by atoms with van der Waals surface area (Å²) in [4.78, 5) is 42.5. The average molecular weight is 300 g/mol. The van der Waals surface area contributed by atoms with E-state index in [1.165, 1.54) is 0 Å². The molecule has 4 amide bonds. The molecule has 0 unspecified atom stereocenters. The fourth-order valence-corrected chi connectivity index (χ4v) is 2.44. The van der Waals surface area contributed by atoms with Crippen LogP contribution in [0.2, 0.25) is 0 Å². The SMILES string of the molecule is CC(C)CN1C(=O)C(=O)N(Cc2cn3ccccc3n2)C1=O. The van der Waals surface area contributed by atoms with Gasteiger partial charge in [0, 0.05) is 18.9 Å². The highest BCUT2D eigenvalue weighted by Crippen LogP contribution is 2.17. The Balaban J connectivity index is 1.83. The first-order valence-corrected chi connectivity index (χ1v) is 7.07. The molecule has 0 aromatic carbocycles. The quantitative estimate of drug-likeness (QED) is 0.629. The number of hydrogen-bond acceptors (Lipinski definition) is 4. The maximum absolute atomic E-state index is 12.3. The third-order valence-electron chi connectivity index (χ3n) is 3.42. The molecule has 0 N–H and O–H groups in total. The van der Waals surface area contributed by atoms with E-state index in [1.807, 2.05) is 38.2 Å². The van der Waals surface area contributed by atoms with Crippen LogP contribution in [-0.4, -0.2) is 43.6 Å². The van der Waals surface area contributed by atoms with E-state index in [0.29, 0.717) is 5.69 Å². The Kier molecular flexibility index (Phi) is 3.40. The smallest absolute Gasteiger partial charge is 0.307 e. The molecule has 0 saturated carbocycles. The molecule has 1 aliphatic rings. The number of urea groups is 1. The van der Waals surface area contributed by atoms with Crippen LogP contribution in [0.15, 0.2) is 30.6 Å². The van der Waals surface area contributed by atoms with Crippen LogP contribution in [-0.2, 0) is 16.1 Å². The van der Waals surface area contributed by atoms with Gasteiger partial charge in [-0.05, 0) is 18.1 Å². The van der Waals surface area contributed by atoms with Crippen molar-refractivity contribution in [3.05, 3.63) is 36.3 Å². The molecule has 0 radical (unpaired) electrons. The number of imidazole rings is 1. The largest absolute Gasteiger partial charge is 0.334 e. The van der Waals surface area contributed by atoms with E-state index < -0.39 is 17.8 Å². The Hall–Kier alpha value is -2.70. The van der Waals surface area contributed by atoms with Gasteiger partial charge >= 0.3 is 17.8 Å². The number of fused-ring (bicyclic) bond motifs is 1. The maximum Gasteiger partial charge on any atom is 0.334 e. The highest BCUT2D eigenvalue weighted by molar-refractivity contribution is 6.44. The molecule has 0 spiro atoms. The Bertz CT molecular complexity index is 732. The summed E-state index contributed by atoms with van der Waals surface area (Å²) in [5.41, 5.74) is 1.29. The third kappa shape index (κ3) is 2.34. The van der Waals surface area contributed by atoms with Crippen molar-refractivity contribution < 1.29 is 14.4 Å². The number of rotatable bonds is 4. The molecule has 3 rings (SSSR count). The molecule has 0 atom stereocenters. The summed E-state index contributed by atoms with van der Waals surface area (Å²) in [5.74, 6) is -1.44. The number of carbonyl (C=O) groups excluding carboxylic acids is 3. The second kappa shape index (κ2) is 5.25. The maximum atomic E-state index is 12.3. The van der Waals surface area contributed by atoms with Crippen molar-refractivity contribution in [2.75, 3.05) is 6.54 Å². The summed E-state index contributed by atoms with van der Waals surface area (Å²) in [6, 6.07) is 4.97. The van der Waals surface area contributed by atoms with Crippen molar-refractivity contribution in [1.82, 2.24) is 19.2 Å². The van der Waals surface area contributed by atoms with Gasteiger partial charge in [-0.2, -0.15) is 0 Å². The van der Waals surface area contributed by atoms with Gasteiger partial charge in [-0.3, -0.25) is 14.5 Å². The lowest BCUT2D eigenvalue weighted by Crippen LogP contribution is -2.35. The zero-order chi connectivity index (χ0) is 15.9. The van der Waals surface area contributed by atoms with E-state index in [4.69, 9.17) is 0 Å². The molecular weight excluding hydrogens is 284 g/mol. The second-order valence-electron chi connectivity index (χ2n) is 5.68. The normalized spacial score (nSPS) is 15.7. The monoisotopic (exact) mass is 300 g/mol. The molecule has 3 heterocycles. The number of imide groups is 2. The van der Waals surface area contributed by atoms with Crippen LogP contribution >= 0.6 is 0 Å². The molecule has 114 valence electrons. The van der Waals surface area contributed by atoms with Crippen LogP contribution in [0.5, 0.6) is 0 Å². The number of carbonyl (C=O) groups is 3. The highest BCUT2D eigenvalue weighted by atomic mass is 16.2. The molecule has 1 saturated heterocycles. The van der Waals surface area contributed by atoms with Gasteiger partial charge in [-0.15, -0.1) is 0 Å². The lowest BCUT2D eigenvalue weighted by atomic mass is 10.2. The van der Waals surface area contributed by atoms with Gasteiger partial charge in [0.25, 0.3) is 0 Å². The summed E-state index contributed by atoms with van der Waals surface area (Å²) < 4.78 is 1.80. The van der Waals surface area contributed by atoms with Crippen molar-refractivity contribution in [2.24, 2.45) is 5.92 Å². The lowest BCUT2D eigenvalue weighted by Gasteiger charge is -2.16. The van der Waals surface area contributed by atoms with E-state index in [1.54, 1.807) is 10.6 Å². The first-order valence-electron chi connectivity index (χ1n) is 7.07. The minimum absolute atomic E-state index is 0.000316. The van der Waals surface area contributed by atoms with Gasteiger partial charge in [0.15, 0.2) is 0 Å². The predicted octanol–water partition coefficient (Wildman–Crippen LogP) is 1.28. The van der Waals surface area contributed by atoms with Gasteiger partial charge in [0.05, 0.1) is 12.2 Å². The summed E-state index contributed by atoms with van der Waals surface area (Å²) in [6.07, 6.45) is 3.57. The molecule has 0 bridgehead atoms. The van der Waals surface area contributed by atoms with Gasteiger partial charge in [0.1, 0.15) is 5.65 Å². The van der Waals surface area contributed by atoms with Crippen molar-refractivity contribution in [3.63, 3.8) is 0 Å². The summed E-state index contributed by atoms with van der Waals surface area (Å²) in [6.45, 7) is 4.01. The van der Waals surface area contributed by atoms with Crippen molar-refractivity contribution in [2.45, 2.75) is 20.4 Å². The molecule has 1 fully saturated rings. The predicted molar refractivity (Wildman–Crippen MR) is 77.7 cm³/mol. The Morgan fingerprint density at radius 1 is 1.09 bits per heavy atom. The van der Waals surface area contributed by atoms with Crippen LogP contribution in [0.4, 0.5) is 4.79 Å². The van der Waals surface area contributed by atoms with Crippen molar-refractivity contribution in [3.8, 4) is 0 Å². The number of pyridine rings is 1. The van der Waals surface area contributed by atoms with Crippen LogP contribution in [0, 0.1) is 5.92 Å². The molecule has 7 heteroatoms. The summed E-state index contributed by atoms with van der Waals surface area (Å²) in [7, 11) is 0. The fraction of sp³-hybridized carbons (Fsp3) is 0.333. The topological polar surface area (TPSA) is 75.0 Å². The zero-order valence-electron chi connectivity index (χ0n) is 12.4. The first-order chi connectivity index (χ1) is 10.5. The molecule has 22 heavy (non-hydrogen) atoms. The minimum atomic E-state index is -0.789. The first kappa shape index (κ1) is 14.2. The van der Waals surface area contributed by atoms with Crippen LogP contribution < -0.4 is 0 Å². The summed E-state index contributed by atoms with van der Waals surface area (Å²) in [5, 5.41) is 0. The fourth-order valence-electron chi connectivity index (χ4n) is 2.44. The standard InChI is InChI=1S/C15H16N4O3/c1-10(2)7-18-13(20)14(21)19(15(18)22)9-11-8-17-6-4-3-5-12(17)16-11/h3-6,8,10H,7,9H2,1-2H3. The molecule has 1 aliphatic heterocycles. The van der Waals surface area contributed by atoms with E-state index in [0.717, 1.165) is 15.4 Å². The zero-order valence-corrected chi connectivity index (χ0v) is 12.4. The van der Waals surface area contributed by atoms with Crippen LogP contribution in [0.1, 0.15) is 19.5 Å². The van der Waals surface area contributed by atoms with E-state index in [-0.39, 0.29) is 19.0 Å². The van der Waals surface area contributed by atoms with Crippen LogP contribution in [0.25, 0.3) is 5.65 Å². The molecule has 0 aliphatic carbocycles. The van der Waals surface area contributed by atoms with E-state index >= 15 is 0 Å². The minimum Gasteiger partial charge on any atom is -0.307 e. The highest BCUT2D eigenvalue weighted by Gasteiger charge is 2.44. The Morgan fingerprint density at radius 2 is 1.82 bits per heavy atom. The number of nitrogens with zero attached hydrogens (tertiary/aromatic N) is 4. The van der Waals surface area contributed by atoms with Gasteiger partial charge in [0.2, 0.25) is 0 Å². The van der Waals surface area contributed by atoms with Crippen molar-refractivity contribution in [1.29, 1.82) is 0 Å². The average Bonchev–Trinajstić information content (AvgIpc) is 2.97. The third-order valence-corrected chi connectivity index (χ3v) is 3.42. The van der Waals surface area contributed by atoms with Gasteiger partial charge < -0.3 is 4.40 Å². The van der Waals surface area contributed by atoms with Gasteiger partial charge in [-0.25, -0.2) is 14.7 Å². The number of hydrogen-bond donors (Lipinski definition) is 0. The molecular formula is C15H16N4O3. The van der Waals surface area contributed by atoms with Crippen molar-refractivity contribution >= 4 is 23.5 Å². The van der Waals surface area contributed by atoms with E-state index in [9.17, 15) is 14.4 Å². The lowest BCUT2D eigenvalue weighted by molar-refractivity contribution is -0.143. The Morgan fingerprint density at radius 3 is 2.50 bits per heavy atom. The number of amides is 4.